The first kappa shape index (κ1) is 14.4. The van der Waals surface area contributed by atoms with Gasteiger partial charge >= 0.3 is 12.0 Å². The Morgan fingerprint density at radius 1 is 1.60 bits per heavy atom. The van der Waals surface area contributed by atoms with Crippen LogP contribution in [0.3, 0.4) is 0 Å². The van der Waals surface area contributed by atoms with Crippen LogP contribution in [0.15, 0.2) is 12.5 Å². The summed E-state index contributed by atoms with van der Waals surface area (Å²) < 4.78 is 0. The van der Waals surface area contributed by atoms with Crippen molar-refractivity contribution < 1.29 is 14.7 Å². The third-order valence-corrected chi connectivity index (χ3v) is 3.64. The van der Waals surface area contributed by atoms with Crippen molar-refractivity contribution in [3.63, 3.8) is 0 Å². The lowest BCUT2D eigenvalue weighted by Gasteiger charge is -2.35. The SMILES string of the molecule is CC1CCN(C(=O)NCCc2cnc[nH]2)C(C(=O)O)C1. The molecular formula is C13H20N4O3. The van der Waals surface area contributed by atoms with Crippen molar-refractivity contribution in [1.82, 2.24) is 20.2 Å². The minimum Gasteiger partial charge on any atom is -0.480 e. The lowest BCUT2D eigenvalue weighted by Crippen LogP contribution is -2.53. The summed E-state index contributed by atoms with van der Waals surface area (Å²) >= 11 is 0. The van der Waals surface area contributed by atoms with Crippen molar-refractivity contribution >= 4 is 12.0 Å². The van der Waals surface area contributed by atoms with Gasteiger partial charge in [0.05, 0.1) is 6.33 Å². The van der Waals surface area contributed by atoms with Gasteiger partial charge in [-0.2, -0.15) is 0 Å². The van der Waals surface area contributed by atoms with Gasteiger partial charge in [-0.1, -0.05) is 6.92 Å². The van der Waals surface area contributed by atoms with E-state index in [9.17, 15) is 14.7 Å². The van der Waals surface area contributed by atoms with Crippen molar-refractivity contribution in [2.75, 3.05) is 13.1 Å². The van der Waals surface area contributed by atoms with E-state index in [4.69, 9.17) is 0 Å². The molecule has 1 aliphatic rings. The van der Waals surface area contributed by atoms with Crippen LogP contribution in [-0.4, -0.2) is 51.1 Å². The molecule has 0 aliphatic carbocycles. The summed E-state index contributed by atoms with van der Waals surface area (Å²) in [5.74, 6) is -0.592. The Morgan fingerprint density at radius 3 is 3.05 bits per heavy atom. The molecule has 0 saturated carbocycles. The van der Waals surface area contributed by atoms with Gasteiger partial charge in [-0.25, -0.2) is 14.6 Å². The van der Waals surface area contributed by atoms with Crippen molar-refractivity contribution in [2.24, 2.45) is 5.92 Å². The zero-order valence-corrected chi connectivity index (χ0v) is 11.5. The predicted molar refractivity (Wildman–Crippen MR) is 72.2 cm³/mol. The molecule has 0 bridgehead atoms. The summed E-state index contributed by atoms with van der Waals surface area (Å²) in [7, 11) is 0. The Balaban J connectivity index is 1.85. The van der Waals surface area contributed by atoms with Crippen LogP contribution >= 0.6 is 0 Å². The van der Waals surface area contributed by atoms with Crippen LogP contribution in [-0.2, 0) is 11.2 Å². The highest BCUT2D eigenvalue weighted by Gasteiger charge is 2.34. The number of carboxylic acids is 1. The number of carbonyl (C=O) groups is 2. The van der Waals surface area contributed by atoms with Gasteiger partial charge in [0.15, 0.2) is 0 Å². The van der Waals surface area contributed by atoms with E-state index in [0.29, 0.717) is 31.8 Å². The molecule has 20 heavy (non-hydrogen) atoms. The first-order valence-corrected chi connectivity index (χ1v) is 6.82. The van der Waals surface area contributed by atoms with E-state index in [1.165, 1.54) is 4.90 Å². The number of hydrogen-bond donors (Lipinski definition) is 3. The van der Waals surface area contributed by atoms with E-state index >= 15 is 0 Å². The first-order chi connectivity index (χ1) is 9.58. The minimum atomic E-state index is -0.930. The van der Waals surface area contributed by atoms with Gasteiger partial charge in [0, 0.05) is 31.4 Å². The average Bonchev–Trinajstić information content (AvgIpc) is 2.91. The first-order valence-electron chi connectivity index (χ1n) is 6.82. The maximum Gasteiger partial charge on any atom is 0.326 e. The van der Waals surface area contributed by atoms with Gasteiger partial charge in [-0.05, 0) is 18.8 Å². The number of piperidine rings is 1. The number of rotatable bonds is 4. The molecular weight excluding hydrogens is 260 g/mol. The molecule has 1 aliphatic heterocycles. The maximum atomic E-state index is 12.1. The zero-order chi connectivity index (χ0) is 14.5. The second kappa shape index (κ2) is 6.40. The number of aliphatic carboxylic acids is 1. The molecule has 3 N–H and O–H groups in total. The van der Waals surface area contributed by atoms with Gasteiger partial charge in [0.25, 0.3) is 0 Å². The molecule has 1 fully saturated rings. The number of carbonyl (C=O) groups excluding carboxylic acids is 1. The lowest BCUT2D eigenvalue weighted by atomic mass is 9.93. The molecule has 7 nitrogen and oxygen atoms in total. The standard InChI is InChI=1S/C13H20N4O3/c1-9-3-5-17(11(6-9)12(18)19)13(20)15-4-2-10-7-14-8-16-10/h7-9,11H,2-6H2,1H3,(H,14,16)(H,15,20)(H,18,19). The van der Waals surface area contributed by atoms with Crippen molar-refractivity contribution in [2.45, 2.75) is 32.2 Å². The van der Waals surface area contributed by atoms with E-state index in [0.717, 1.165) is 12.1 Å². The van der Waals surface area contributed by atoms with Crippen LogP contribution in [0.25, 0.3) is 0 Å². The number of hydrogen-bond acceptors (Lipinski definition) is 3. The largest absolute Gasteiger partial charge is 0.480 e. The molecule has 2 heterocycles. The molecule has 0 aromatic carbocycles. The number of nitrogens with zero attached hydrogens (tertiary/aromatic N) is 2. The number of aromatic nitrogens is 2. The van der Waals surface area contributed by atoms with Crippen molar-refractivity contribution in [3.05, 3.63) is 18.2 Å². The summed E-state index contributed by atoms with van der Waals surface area (Å²) in [4.78, 5) is 31.6. The van der Waals surface area contributed by atoms with Gasteiger partial charge in [-0.15, -0.1) is 0 Å². The molecule has 1 aromatic heterocycles. The highest BCUT2D eigenvalue weighted by atomic mass is 16.4. The fourth-order valence-electron chi connectivity index (χ4n) is 2.45. The number of urea groups is 1. The maximum absolute atomic E-state index is 12.1. The van der Waals surface area contributed by atoms with Crippen LogP contribution in [0.5, 0.6) is 0 Å². The Bertz CT molecular complexity index is 460. The van der Waals surface area contributed by atoms with E-state index < -0.39 is 12.0 Å². The summed E-state index contributed by atoms with van der Waals surface area (Å²) in [6.07, 6.45) is 5.30. The third kappa shape index (κ3) is 3.49. The topological polar surface area (TPSA) is 98.3 Å². The number of aromatic amines is 1. The lowest BCUT2D eigenvalue weighted by molar-refractivity contribution is -0.143. The third-order valence-electron chi connectivity index (χ3n) is 3.64. The number of likely N-dealkylation sites (tertiary alicyclic amines) is 1. The molecule has 7 heteroatoms. The van der Waals surface area contributed by atoms with E-state index in [-0.39, 0.29) is 6.03 Å². The number of H-pyrrole nitrogens is 1. The van der Waals surface area contributed by atoms with Crippen LogP contribution in [0.1, 0.15) is 25.5 Å². The summed E-state index contributed by atoms with van der Waals surface area (Å²) in [6, 6.07) is -1.02. The minimum absolute atomic E-state index is 0.302. The molecule has 110 valence electrons. The van der Waals surface area contributed by atoms with Crippen molar-refractivity contribution in [1.29, 1.82) is 0 Å². The fourth-order valence-corrected chi connectivity index (χ4v) is 2.45. The molecule has 2 amide bonds. The van der Waals surface area contributed by atoms with Crippen LogP contribution in [0.2, 0.25) is 0 Å². The second-order valence-electron chi connectivity index (χ2n) is 5.24. The number of amides is 2. The Hall–Kier alpha value is -2.05. The predicted octanol–water partition coefficient (Wildman–Crippen LogP) is 0.847. The normalized spacial score (nSPS) is 22.6. The second-order valence-corrected chi connectivity index (χ2v) is 5.24. The highest BCUT2D eigenvalue weighted by Crippen LogP contribution is 2.22. The van der Waals surface area contributed by atoms with Crippen LogP contribution < -0.4 is 5.32 Å². The van der Waals surface area contributed by atoms with Crippen LogP contribution in [0, 0.1) is 5.92 Å². The number of nitrogens with one attached hydrogen (secondary N) is 2. The highest BCUT2D eigenvalue weighted by molar-refractivity contribution is 5.82. The summed E-state index contributed by atoms with van der Waals surface area (Å²) in [5.41, 5.74) is 0.937. The smallest absolute Gasteiger partial charge is 0.326 e. The fraction of sp³-hybridized carbons (Fsp3) is 0.615. The monoisotopic (exact) mass is 280 g/mol. The Labute approximate surface area is 117 Å². The summed E-state index contributed by atoms with van der Waals surface area (Å²) in [6.45, 7) is 2.97. The quantitative estimate of drug-likeness (QED) is 0.761. The average molecular weight is 280 g/mol. The number of carboxylic acid groups (broad SMARTS) is 1. The van der Waals surface area contributed by atoms with Gasteiger partial charge in [0.2, 0.25) is 0 Å². The molecule has 1 aromatic rings. The Morgan fingerprint density at radius 2 is 2.40 bits per heavy atom. The molecule has 0 spiro atoms. The molecule has 1 saturated heterocycles. The van der Waals surface area contributed by atoms with Gasteiger partial charge < -0.3 is 20.3 Å². The molecule has 0 radical (unpaired) electrons. The molecule has 2 atom stereocenters. The van der Waals surface area contributed by atoms with Gasteiger partial charge in [-0.3, -0.25) is 0 Å². The van der Waals surface area contributed by atoms with E-state index in [1.54, 1.807) is 12.5 Å². The van der Waals surface area contributed by atoms with Crippen LogP contribution in [0.4, 0.5) is 4.79 Å². The Kier molecular flexibility index (Phi) is 4.60. The summed E-state index contributed by atoms with van der Waals surface area (Å²) in [5, 5.41) is 12.0. The zero-order valence-electron chi connectivity index (χ0n) is 11.5. The molecule has 2 unspecified atom stereocenters. The number of imidazole rings is 1. The van der Waals surface area contributed by atoms with Gasteiger partial charge in [0.1, 0.15) is 6.04 Å². The van der Waals surface area contributed by atoms with Crippen molar-refractivity contribution in [3.8, 4) is 0 Å². The molecule has 2 rings (SSSR count). The van der Waals surface area contributed by atoms with E-state index in [1.807, 2.05) is 6.92 Å². The van der Waals surface area contributed by atoms with E-state index in [2.05, 4.69) is 15.3 Å².